The number of methoxy groups -OCH3 is 1. The molecule has 0 bridgehead atoms. The van der Waals surface area contributed by atoms with E-state index in [0.717, 1.165) is 11.0 Å². The zero-order valence-corrected chi connectivity index (χ0v) is 11.4. The Morgan fingerprint density at radius 3 is 2.62 bits per heavy atom. The molecule has 0 saturated heterocycles. The Bertz CT molecular complexity index is 668. The minimum absolute atomic E-state index is 0.370. The van der Waals surface area contributed by atoms with Crippen LogP contribution in [0.5, 0.6) is 11.5 Å². The maximum Gasteiger partial charge on any atom is 0.491 e. The van der Waals surface area contributed by atoms with Gasteiger partial charge in [-0.3, -0.25) is 0 Å². The van der Waals surface area contributed by atoms with Gasteiger partial charge in [0.2, 0.25) is 0 Å². The average molecular weight is 284 g/mol. The number of carbonyl (C=O) groups excluding carboxylic acids is 1. The summed E-state index contributed by atoms with van der Waals surface area (Å²) in [4.78, 5) is 11.3. The van der Waals surface area contributed by atoms with Crippen LogP contribution in [0.4, 0.5) is 0 Å². The minimum atomic E-state index is -0.853. The standard InChI is InChI=1S/C15H13BO5/c1-19-15(17)10-2-4-12(5-3-10)21-13-6-7-14-11(8-13)9-20-16(14)18/h2-8,18H,9H2,1H3. The number of hydrogen-bond donors (Lipinski definition) is 1. The van der Waals surface area contributed by atoms with Gasteiger partial charge in [-0.1, -0.05) is 6.07 Å². The van der Waals surface area contributed by atoms with Gasteiger partial charge in [0.1, 0.15) is 11.5 Å². The molecule has 21 heavy (non-hydrogen) atoms. The van der Waals surface area contributed by atoms with Crippen molar-refractivity contribution in [2.45, 2.75) is 6.61 Å². The van der Waals surface area contributed by atoms with Crippen LogP contribution in [-0.2, 0) is 16.0 Å². The van der Waals surface area contributed by atoms with Crippen molar-refractivity contribution in [1.29, 1.82) is 0 Å². The number of hydrogen-bond acceptors (Lipinski definition) is 5. The molecule has 1 N–H and O–H groups in total. The third-order valence-corrected chi connectivity index (χ3v) is 3.29. The van der Waals surface area contributed by atoms with Gasteiger partial charge >= 0.3 is 13.1 Å². The molecule has 5 nitrogen and oxygen atoms in total. The summed E-state index contributed by atoms with van der Waals surface area (Å²) in [5.41, 5.74) is 2.14. The minimum Gasteiger partial charge on any atom is -0.465 e. The van der Waals surface area contributed by atoms with Gasteiger partial charge in [-0.15, -0.1) is 0 Å². The Hall–Kier alpha value is -2.31. The van der Waals surface area contributed by atoms with E-state index in [1.807, 2.05) is 6.07 Å². The summed E-state index contributed by atoms with van der Waals surface area (Å²) < 4.78 is 15.5. The van der Waals surface area contributed by atoms with Crippen LogP contribution in [0.25, 0.3) is 0 Å². The molecule has 0 atom stereocenters. The van der Waals surface area contributed by atoms with E-state index < -0.39 is 7.12 Å². The molecule has 0 spiro atoms. The predicted molar refractivity (Wildman–Crippen MR) is 76.7 cm³/mol. The number of ether oxygens (including phenoxy) is 2. The highest BCUT2D eigenvalue weighted by Gasteiger charge is 2.27. The normalized spacial score (nSPS) is 13.0. The molecule has 106 valence electrons. The summed E-state index contributed by atoms with van der Waals surface area (Å²) >= 11 is 0. The second-order valence-electron chi connectivity index (χ2n) is 4.64. The van der Waals surface area contributed by atoms with Crippen LogP contribution in [0.3, 0.4) is 0 Å². The number of esters is 1. The van der Waals surface area contributed by atoms with Gasteiger partial charge in [-0.05, 0) is 47.4 Å². The lowest BCUT2D eigenvalue weighted by Gasteiger charge is -2.08. The molecule has 0 fully saturated rings. The molecule has 3 rings (SSSR count). The van der Waals surface area contributed by atoms with Gasteiger partial charge in [0.05, 0.1) is 19.3 Å². The first kappa shape index (κ1) is 13.7. The first-order valence-corrected chi connectivity index (χ1v) is 6.46. The molecule has 0 amide bonds. The molecule has 1 aliphatic rings. The van der Waals surface area contributed by atoms with Gasteiger partial charge in [0.25, 0.3) is 0 Å². The quantitative estimate of drug-likeness (QED) is 0.683. The number of rotatable bonds is 3. The Labute approximate surface area is 122 Å². The highest BCUT2D eigenvalue weighted by molar-refractivity contribution is 6.61. The van der Waals surface area contributed by atoms with Crippen LogP contribution in [-0.4, -0.2) is 25.2 Å². The molecule has 0 aromatic heterocycles. The highest BCUT2D eigenvalue weighted by atomic mass is 16.5. The molecule has 6 heteroatoms. The Kier molecular flexibility index (Phi) is 3.64. The Morgan fingerprint density at radius 2 is 1.90 bits per heavy atom. The molecule has 1 heterocycles. The van der Waals surface area contributed by atoms with E-state index in [-0.39, 0.29) is 5.97 Å². The number of carbonyl (C=O) groups is 1. The van der Waals surface area contributed by atoms with Crippen molar-refractivity contribution in [3.63, 3.8) is 0 Å². The average Bonchev–Trinajstić information content (AvgIpc) is 2.88. The van der Waals surface area contributed by atoms with E-state index in [1.54, 1.807) is 36.4 Å². The molecule has 2 aromatic carbocycles. The van der Waals surface area contributed by atoms with Crippen molar-refractivity contribution in [2.24, 2.45) is 0 Å². The molecule has 2 aromatic rings. The molecular formula is C15H13BO5. The van der Waals surface area contributed by atoms with Crippen LogP contribution < -0.4 is 10.2 Å². The predicted octanol–water partition coefficient (Wildman–Crippen LogP) is 1.48. The van der Waals surface area contributed by atoms with E-state index in [4.69, 9.17) is 9.39 Å². The van der Waals surface area contributed by atoms with Gasteiger partial charge in [0.15, 0.2) is 0 Å². The zero-order chi connectivity index (χ0) is 14.8. The van der Waals surface area contributed by atoms with Crippen molar-refractivity contribution in [3.8, 4) is 11.5 Å². The monoisotopic (exact) mass is 284 g/mol. The summed E-state index contributed by atoms with van der Waals surface area (Å²) in [5, 5.41) is 9.56. The molecule has 1 aliphatic heterocycles. The molecule has 0 unspecified atom stereocenters. The van der Waals surface area contributed by atoms with E-state index in [0.29, 0.717) is 23.7 Å². The Morgan fingerprint density at radius 1 is 1.19 bits per heavy atom. The van der Waals surface area contributed by atoms with Crippen LogP contribution >= 0.6 is 0 Å². The fourth-order valence-corrected chi connectivity index (χ4v) is 2.18. The van der Waals surface area contributed by atoms with Crippen molar-refractivity contribution < 1.29 is 23.9 Å². The van der Waals surface area contributed by atoms with Crippen LogP contribution in [0.1, 0.15) is 15.9 Å². The summed E-state index contributed by atoms with van der Waals surface area (Å²) in [6.07, 6.45) is 0. The van der Waals surface area contributed by atoms with Crippen LogP contribution in [0.2, 0.25) is 0 Å². The van der Waals surface area contributed by atoms with E-state index >= 15 is 0 Å². The largest absolute Gasteiger partial charge is 0.491 e. The first-order valence-electron chi connectivity index (χ1n) is 6.46. The lowest BCUT2D eigenvalue weighted by Crippen LogP contribution is -2.27. The van der Waals surface area contributed by atoms with Crippen LogP contribution in [0, 0.1) is 0 Å². The van der Waals surface area contributed by atoms with E-state index in [1.165, 1.54) is 7.11 Å². The molecule has 0 aliphatic carbocycles. The molecule has 0 radical (unpaired) electrons. The zero-order valence-electron chi connectivity index (χ0n) is 11.4. The summed E-state index contributed by atoms with van der Waals surface area (Å²) in [6, 6.07) is 12.1. The summed E-state index contributed by atoms with van der Waals surface area (Å²) in [5.74, 6) is 0.879. The maximum atomic E-state index is 11.3. The fraction of sp³-hybridized carbons (Fsp3) is 0.133. The van der Waals surface area contributed by atoms with Crippen molar-refractivity contribution in [1.82, 2.24) is 0 Å². The highest BCUT2D eigenvalue weighted by Crippen LogP contribution is 2.24. The smallest absolute Gasteiger partial charge is 0.465 e. The third-order valence-electron chi connectivity index (χ3n) is 3.29. The van der Waals surface area contributed by atoms with Crippen molar-refractivity contribution in [2.75, 3.05) is 7.11 Å². The lowest BCUT2D eigenvalue weighted by molar-refractivity contribution is 0.0600. The van der Waals surface area contributed by atoms with Gasteiger partial charge < -0.3 is 19.2 Å². The first-order chi connectivity index (χ1) is 10.2. The second-order valence-corrected chi connectivity index (χ2v) is 4.64. The fourth-order valence-electron chi connectivity index (χ4n) is 2.18. The second kappa shape index (κ2) is 5.59. The number of benzene rings is 2. The maximum absolute atomic E-state index is 11.3. The third kappa shape index (κ3) is 2.77. The topological polar surface area (TPSA) is 65.0 Å². The summed E-state index contributed by atoms with van der Waals surface area (Å²) in [6.45, 7) is 0.370. The molecule has 0 saturated carbocycles. The Balaban J connectivity index is 1.76. The molecular weight excluding hydrogens is 271 g/mol. The van der Waals surface area contributed by atoms with Crippen molar-refractivity contribution >= 4 is 18.6 Å². The van der Waals surface area contributed by atoms with Gasteiger partial charge in [-0.2, -0.15) is 0 Å². The summed E-state index contributed by atoms with van der Waals surface area (Å²) in [7, 11) is 0.488. The lowest BCUT2D eigenvalue weighted by atomic mass is 9.80. The van der Waals surface area contributed by atoms with E-state index in [2.05, 4.69) is 4.74 Å². The van der Waals surface area contributed by atoms with Gasteiger partial charge in [-0.25, -0.2) is 4.79 Å². The van der Waals surface area contributed by atoms with Crippen LogP contribution in [0.15, 0.2) is 42.5 Å². The number of fused-ring (bicyclic) bond motifs is 1. The van der Waals surface area contributed by atoms with Gasteiger partial charge in [0, 0.05) is 0 Å². The van der Waals surface area contributed by atoms with E-state index in [9.17, 15) is 9.82 Å². The SMILES string of the molecule is COC(=O)c1ccc(Oc2ccc3c(c2)COB3O)cc1. The van der Waals surface area contributed by atoms with Crippen molar-refractivity contribution in [3.05, 3.63) is 53.6 Å².